The third-order valence-corrected chi connectivity index (χ3v) is 4.20. The molecule has 1 amide bonds. The molecule has 1 aliphatic rings. The van der Waals surface area contributed by atoms with E-state index >= 15 is 0 Å². The van der Waals surface area contributed by atoms with Crippen LogP contribution in [0.5, 0.6) is 11.8 Å². The number of rotatable bonds is 4. The Labute approximate surface area is 143 Å². The number of fused-ring (bicyclic) bond motifs is 1. The van der Waals surface area contributed by atoms with Gasteiger partial charge in [0.25, 0.3) is 17.7 Å². The fraction of sp³-hybridized carbons (Fsp3) is 0.294. The van der Waals surface area contributed by atoms with Crippen LogP contribution in [0.15, 0.2) is 36.9 Å². The first-order chi connectivity index (χ1) is 12.2. The molecule has 1 atom stereocenters. The summed E-state index contributed by atoms with van der Waals surface area (Å²) in [5, 5.41) is 0. The summed E-state index contributed by atoms with van der Waals surface area (Å²) in [5.74, 6) is 0.675. The number of nitrogens with one attached hydrogen (secondary N) is 1. The summed E-state index contributed by atoms with van der Waals surface area (Å²) in [6, 6.07) is 5.46. The number of methoxy groups -OCH3 is 1. The lowest BCUT2D eigenvalue weighted by Gasteiger charge is -2.17. The van der Waals surface area contributed by atoms with Crippen LogP contribution in [0.1, 0.15) is 16.8 Å². The van der Waals surface area contributed by atoms with E-state index in [2.05, 4.69) is 19.9 Å². The van der Waals surface area contributed by atoms with E-state index in [1.807, 2.05) is 12.1 Å². The number of hydrogen-bond acceptors (Lipinski definition) is 6. The summed E-state index contributed by atoms with van der Waals surface area (Å²) < 4.78 is 11.0. The van der Waals surface area contributed by atoms with Gasteiger partial charge in [0, 0.05) is 30.9 Å². The van der Waals surface area contributed by atoms with Gasteiger partial charge in [0.05, 0.1) is 31.0 Å². The highest BCUT2D eigenvalue weighted by molar-refractivity contribution is 5.97. The SMILES string of the molecule is COc1nccnc1O[C@@H]1CCN(C(=O)c2ccc3nc[nH]c3c2)C1. The van der Waals surface area contributed by atoms with Gasteiger partial charge in [0.2, 0.25) is 0 Å². The van der Waals surface area contributed by atoms with E-state index in [-0.39, 0.29) is 12.0 Å². The summed E-state index contributed by atoms with van der Waals surface area (Å²) in [5.41, 5.74) is 2.32. The molecule has 0 unspecified atom stereocenters. The zero-order chi connectivity index (χ0) is 17.2. The molecule has 1 aliphatic heterocycles. The van der Waals surface area contributed by atoms with E-state index in [1.54, 1.807) is 29.7 Å². The number of nitrogens with zero attached hydrogens (tertiary/aromatic N) is 4. The highest BCUT2D eigenvalue weighted by atomic mass is 16.5. The molecule has 0 saturated carbocycles. The van der Waals surface area contributed by atoms with Crippen LogP contribution in [0.25, 0.3) is 11.0 Å². The zero-order valence-corrected chi connectivity index (χ0v) is 13.7. The first kappa shape index (κ1) is 15.4. The maximum absolute atomic E-state index is 12.7. The quantitative estimate of drug-likeness (QED) is 0.777. The molecule has 0 spiro atoms. The van der Waals surface area contributed by atoms with E-state index < -0.39 is 0 Å². The Morgan fingerprint density at radius 3 is 2.92 bits per heavy atom. The van der Waals surface area contributed by atoms with Crippen molar-refractivity contribution in [3.8, 4) is 11.8 Å². The lowest BCUT2D eigenvalue weighted by Crippen LogP contribution is -2.31. The largest absolute Gasteiger partial charge is 0.477 e. The molecule has 25 heavy (non-hydrogen) atoms. The smallest absolute Gasteiger partial charge is 0.278 e. The maximum Gasteiger partial charge on any atom is 0.278 e. The third kappa shape index (κ3) is 2.98. The summed E-state index contributed by atoms with van der Waals surface area (Å²) in [6.45, 7) is 1.13. The number of imidazole rings is 1. The number of carbonyl (C=O) groups is 1. The van der Waals surface area contributed by atoms with Crippen LogP contribution in [0.2, 0.25) is 0 Å². The van der Waals surface area contributed by atoms with Gasteiger partial charge < -0.3 is 19.4 Å². The standard InChI is InChI=1S/C17H17N5O3/c1-24-15-16(19-6-5-18-15)25-12-4-7-22(9-12)17(23)11-2-3-13-14(8-11)21-10-20-13/h2-3,5-6,8,10,12H,4,7,9H2,1H3,(H,20,21)/t12-/m1/s1. The second-order valence-electron chi connectivity index (χ2n) is 5.78. The number of likely N-dealkylation sites (tertiary alicyclic amines) is 1. The second kappa shape index (κ2) is 6.39. The molecule has 3 heterocycles. The summed E-state index contributed by atoms with van der Waals surface area (Å²) in [6.07, 6.45) is 5.31. The van der Waals surface area contributed by atoms with Crippen molar-refractivity contribution >= 4 is 16.9 Å². The highest BCUT2D eigenvalue weighted by Crippen LogP contribution is 2.24. The average Bonchev–Trinajstić information content (AvgIpc) is 3.30. The molecule has 8 heteroatoms. The van der Waals surface area contributed by atoms with Crippen LogP contribution in [0, 0.1) is 0 Å². The number of aromatic nitrogens is 4. The van der Waals surface area contributed by atoms with Crippen molar-refractivity contribution < 1.29 is 14.3 Å². The molecule has 1 saturated heterocycles. The molecule has 3 aromatic rings. The molecular formula is C17H17N5O3. The van der Waals surface area contributed by atoms with Gasteiger partial charge in [-0.25, -0.2) is 15.0 Å². The second-order valence-corrected chi connectivity index (χ2v) is 5.78. The van der Waals surface area contributed by atoms with Crippen LogP contribution in [0.4, 0.5) is 0 Å². The normalized spacial score (nSPS) is 17.0. The van der Waals surface area contributed by atoms with Crippen molar-refractivity contribution in [2.45, 2.75) is 12.5 Å². The molecule has 1 fully saturated rings. The van der Waals surface area contributed by atoms with E-state index in [0.29, 0.717) is 30.4 Å². The fourth-order valence-corrected chi connectivity index (χ4v) is 2.95. The molecule has 0 radical (unpaired) electrons. The van der Waals surface area contributed by atoms with Crippen molar-refractivity contribution in [2.24, 2.45) is 0 Å². The summed E-state index contributed by atoms with van der Waals surface area (Å²) in [4.78, 5) is 29.9. The first-order valence-corrected chi connectivity index (χ1v) is 7.98. The van der Waals surface area contributed by atoms with E-state index in [1.165, 1.54) is 7.11 Å². The number of hydrogen-bond donors (Lipinski definition) is 1. The predicted molar refractivity (Wildman–Crippen MR) is 89.6 cm³/mol. The summed E-state index contributed by atoms with van der Waals surface area (Å²) in [7, 11) is 1.52. The van der Waals surface area contributed by atoms with Crippen molar-refractivity contribution in [3.05, 3.63) is 42.5 Å². The number of ether oxygens (including phenoxy) is 2. The Morgan fingerprint density at radius 2 is 2.08 bits per heavy atom. The van der Waals surface area contributed by atoms with Crippen molar-refractivity contribution in [3.63, 3.8) is 0 Å². The van der Waals surface area contributed by atoms with Crippen LogP contribution in [-0.4, -0.2) is 57.0 Å². The summed E-state index contributed by atoms with van der Waals surface area (Å²) >= 11 is 0. The Morgan fingerprint density at radius 1 is 1.24 bits per heavy atom. The Balaban J connectivity index is 1.45. The van der Waals surface area contributed by atoms with E-state index in [4.69, 9.17) is 9.47 Å². The maximum atomic E-state index is 12.7. The molecular weight excluding hydrogens is 322 g/mol. The fourth-order valence-electron chi connectivity index (χ4n) is 2.95. The highest BCUT2D eigenvalue weighted by Gasteiger charge is 2.29. The number of carbonyl (C=O) groups excluding carboxylic acids is 1. The predicted octanol–water partition coefficient (Wildman–Crippen LogP) is 1.65. The van der Waals surface area contributed by atoms with Gasteiger partial charge in [-0.05, 0) is 18.2 Å². The zero-order valence-electron chi connectivity index (χ0n) is 13.7. The third-order valence-electron chi connectivity index (χ3n) is 4.20. The molecule has 2 aromatic heterocycles. The lowest BCUT2D eigenvalue weighted by molar-refractivity contribution is 0.0770. The van der Waals surface area contributed by atoms with Crippen LogP contribution in [0.3, 0.4) is 0 Å². The van der Waals surface area contributed by atoms with Gasteiger partial charge >= 0.3 is 0 Å². The van der Waals surface area contributed by atoms with Crippen molar-refractivity contribution in [1.29, 1.82) is 0 Å². The van der Waals surface area contributed by atoms with E-state index in [9.17, 15) is 4.79 Å². The van der Waals surface area contributed by atoms with Gasteiger partial charge in [-0.15, -0.1) is 0 Å². The number of amides is 1. The van der Waals surface area contributed by atoms with Crippen LogP contribution >= 0.6 is 0 Å². The number of benzene rings is 1. The average molecular weight is 339 g/mol. The Kier molecular flexibility index (Phi) is 3.93. The number of aromatic amines is 1. The molecule has 8 nitrogen and oxygen atoms in total. The molecule has 1 aromatic carbocycles. The van der Waals surface area contributed by atoms with Crippen molar-refractivity contribution in [2.75, 3.05) is 20.2 Å². The Hall–Kier alpha value is -3.16. The molecule has 1 N–H and O–H groups in total. The molecule has 128 valence electrons. The molecule has 0 aliphatic carbocycles. The van der Waals surface area contributed by atoms with Crippen LogP contribution < -0.4 is 9.47 Å². The minimum absolute atomic E-state index is 0.0197. The van der Waals surface area contributed by atoms with Crippen LogP contribution in [-0.2, 0) is 0 Å². The minimum atomic E-state index is -0.134. The Bertz CT molecular complexity index is 910. The van der Waals surface area contributed by atoms with E-state index in [0.717, 1.165) is 17.5 Å². The lowest BCUT2D eigenvalue weighted by atomic mass is 10.2. The van der Waals surface area contributed by atoms with Gasteiger partial charge in [-0.1, -0.05) is 0 Å². The molecule has 4 rings (SSSR count). The monoisotopic (exact) mass is 339 g/mol. The van der Waals surface area contributed by atoms with Gasteiger partial charge in [0.1, 0.15) is 6.10 Å². The van der Waals surface area contributed by atoms with Gasteiger partial charge in [-0.3, -0.25) is 4.79 Å². The van der Waals surface area contributed by atoms with Crippen molar-refractivity contribution in [1.82, 2.24) is 24.8 Å². The first-order valence-electron chi connectivity index (χ1n) is 7.98. The minimum Gasteiger partial charge on any atom is -0.477 e. The van der Waals surface area contributed by atoms with Gasteiger partial charge in [0.15, 0.2) is 0 Å². The van der Waals surface area contributed by atoms with Gasteiger partial charge in [-0.2, -0.15) is 0 Å². The number of H-pyrrole nitrogens is 1. The molecule has 0 bridgehead atoms. The topological polar surface area (TPSA) is 93.2 Å².